The quantitative estimate of drug-likeness (QED) is 0.596. The Morgan fingerprint density at radius 1 is 1.26 bits per heavy atom. The molecule has 0 aliphatic heterocycles. The number of benzene rings is 1. The maximum Gasteiger partial charge on any atom is 0.305 e. The van der Waals surface area contributed by atoms with Gasteiger partial charge in [-0.15, -0.1) is 0 Å². The fourth-order valence-corrected chi connectivity index (χ4v) is 1.59. The van der Waals surface area contributed by atoms with E-state index in [0.29, 0.717) is 25.8 Å². The summed E-state index contributed by atoms with van der Waals surface area (Å²) in [6.45, 7) is 0.470. The predicted octanol–water partition coefficient (Wildman–Crippen LogP) is 1.31. The number of nitrogens with one attached hydrogen (secondary N) is 1. The second-order valence-electron chi connectivity index (χ2n) is 4.06. The molecule has 0 spiro atoms. The first kappa shape index (κ1) is 15.0. The Hall–Kier alpha value is -2.04. The SMILES string of the molecule is COC(=O)CCCNC(=O)Cc1cccc(OC)c1. The molecule has 0 saturated carbocycles. The van der Waals surface area contributed by atoms with E-state index in [1.54, 1.807) is 7.11 Å². The van der Waals surface area contributed by atoms with Crippen LogP contribution in [0, 0.1) is 0 Å². The highest BCUT2D eigenvalue weighted by Gasteiger charge is 2.05. The van der Waals surface area contributed by atoms with E-state index in [2.05, 4.69) is 10.1 Å². The first-order chi connectivity index (χ1) is 9.15. The monoisotopic (exact) mass is 265 g/mol. The van der Waals surface area contributed by atoms with Crippen LogP contribution in [-0.2, 0) is 20.7 Å². The van der Waals surface area contributed by atoms with E-state index >= 15 is 0 Å². The van der Waals surface area contributed by atoms with Gasteiger partial charge in [0.15, 0.2) is 0 Å². The highest BCUT2D eigenvalue weighted by Crippen LogP contribution is 2.12. The zero-order valence-electron chi connectivity index (χ0n) is 11.3. The van der Waals surface area contributed by atoms with E-state index in [0.717, 1.165) is 11.3 Å². The van der Waals surface area contributed by atoms with E-state index < -0.39 is 0 Å². The van der Waals surface area contributed by atoms with Gasteiger partial charge in [-0.3, -0.25) is 9.59 Å². The molecule has 5 nitrogen and oxygen atoms in total. The van der Waals surface area contributed by atoms with Crippen LogP contribution in [0.4, 0.5) is 0 Å². The number of ether oxygens (including phenoxy) is 2. The minimum absolute atomic E-state index is 0.0712. The normalized spacial score (nSPS) is 9.79. The average molecular weight is 265 g/mol. The van der Waals surface area contributed by atoms with Gasteiger partial charge in [0.1, 0.15) is 5.75 Å². The van der Waals surface area contributed by atoms with Crippen LogP contribution in [0.1, 0.15) is 18.4 Å². The molecule has 0 saturated heterocycles. The lowest BCUT2D eigenvalue weighted by atomic mass is 10.1. The summed E-state index contributed by atoms with van der Waals surface area (Å²) in [6.07, 6.45) is 1.20. The second-order valence-corrected chi connectivity index (χ2v) is 4.06. The summed E-state index contributed by atoms with van der Waals surface area (Å²) < 4.78 is 9.60. The number of rotatable bonds is 7. The maximum absolute atomic E-state index is 11.7. The Morgan fingerprint density at radius 2 is 2.05 bits per heavy atom. The average Bonchev–Trinajstić information content (AvgIpc) is 2.43. The van der Waals surface area contributed by atoms with E-state index in [-0.39, 0.29) is 11.9 Å². The molecule has 1 N–H and O–H groups in total. The van der Waals surface area contributed by atoms with Crippen molar-refractivity contribution in [2.24, 2.45) is 0 Å². The molecule has 1 aromatic carbocycles. The summed E-state index contributed by atoms with van der Waals surface area (Å²) in [5.74, 6) is 0.399. The minimum Gasteiger partial charge on any atom is -0.497 e. The van der Waals surface area contributed by atoms with Crippen LogP contribution in [0.25, 0.3) is 0 Å². The molecule has 0 aliphatic carbocycles. The first-order valence-electron chi connectivity index (χ1n) is 6.12. The van der Waals surface area contributed by atoms with Crippen molar-refractivity contribution < 1.29 is 19.1 Å². The van der Waals surface area contributed by atoms with Crippen LogP contribution in [0.3, 0.4) is 0 Å². The van der Waals surface area contributed by atoms with Crippen molar-refractivity contribution >= 4 is 11.9 Å². The van der Waals surface area contributed by atoms with E-state index in [9.17, 15) is 9.59 Å². The lowest BCUT2D eigenvalue weighted by molar-refractivity contribution is -0.140. The minimum atomic E-state index is -0.262. The predicted molar refractivity (Wildman–Crippen MR) is 71.0 cm³/mol. The van der Waals surface area contributed by atoms with E-state index in [1.165, 1.54) is 7.11 Å². The van der Waals surface area contributed by atoms with Gasteiger partial charge >= 0.3 is 5.97 Å². The van der Waals surface area contributed by atoms with E-state index in [1.807, 2.05) is 24.3 Å². The number of carbonyl (C=O) groups excluding carboxylic acids is 2. The third-order valence-corrected chi connectivity index (χ3v) is 2.61. The highest BCUT2D eigenvalue weighted by atomic mass is 16.5. The third kappa shape index (κ3) is 5.90. The lowest BCUT2D eigenvalue weighted by Gasteiger charge is -2.06. The van der Waals surface area contributed by atoms with Gasteiger partial charge in [0, 0.05) is 13.0 Å². The van der Waals surface area contributed by atoms with Crippen molar-refractivity contribution in [3.63, 3.8) is 0 Å². The van der Waals surface area contributed by atoms with Gasteiger partial charge in [-0.05, 0) is 24.1 Å². The fourth-order valence-electron chi connectivity index (χ4n) is 1.59. The topological polar surface area (TPSA) is 64.6 Å². The van der Waals surface area contributed by atoms with Gasteiger partial charge in [0.25, 0.3) is 0 Å². The molecule has 1 amide bonds. The first-order valence-corrected chi connectivity index (χ1v) is 6.12. The molecule has 0 unspecified atom stereocenters. The van der Waals surface area contributed by atoms with Crippen molar-refractivity contribution in [3.8, 4) is 5.75 Å². The molecule has 0 atom stereocenters. The van der Waals surface area contributed by atoms with Crippen LogP contribution >= 0.6 is 0 Å². The molecule has 0 heterocycles. The number of esters is 1. The highest BCUT2D eigenvalue weighted by molar-refractivity contribution is 5.78. The number of hydrogen-bond donors (Lipinski definition) is 1. The Bertz CT molecular complexity index is 431. The lowest BCUT2D eigenvalue weighted by Crippen LogP contribution is -2.26. The summed E-state index contributed by atoms with van der Waals surface area (Å²) >= 11 is 0. The van der Waals surface area contributed by atoms with Crippen LogP contribution in [0.5, 0.6) is 5.75 Å². The van der Waals surface area contributed by atoms with Gasteiger partial charge in [0.2, 0.25) is 5.91 Å². The maximum atomic E-state index is 11.7. The van der Waals surface area contributed by atoms with Gasteiger partial charge in [-0.2, -0.15) is 0 Å². The Balaban J connectivity index is 2.28. The summed E-state index contributed by atoms with van der Waals surface area (Å²) in [6, 6.07) is 7.38. The number of amides is 1. The molecular weight excluding hydrogens is 246 g/mol. The molecule has 0 fully saturated rings. The molecule has 1 rings (SSSR count). The molecule has 0 aliphatic rings. The van der Waals surface area contributed by atoms with Crippen LogP contribution < -0.4 is 10.1 Å². The molecule has 104 valence electrons. The van der Waals surface area contributed by atoms with Gasteiger partial charge in [-0.1, -0.05) is 12.1 Å². The zero-order chi connectivity index (χ0) is 14.1. The van der Waals surface area contributed by atoms with Gasteiger partial charge in [0.05, 0.1) is 20.6 Å². The summed E-state index contributed by atoms with van der Waals surface area (Å²) in [7, 11) is 2.94. The Labute approximate surface area is 112 Å². The standard InChI is InChI=1S/C14H19NO4/c1-18-12-6-3-5-11(9-12)10-13(16)15-8-4-7-14(17)19-2/h3,5-6,9H,4,7-8,10H2,1-2H3,(H,15,16). The van der Waals surface area contributed by atoms with E-state index in [4.69, 9.17) is 4.74 Å². The Kier molecular flexibility index (Phi) is 6.43. The van der Waals surface area contributed by atoms with Crippen molar-refractivity contribution in [2.75, 3.05) is 20.8 Å². The number of methoxy groups -OCH3 is 2. The smallest absolute Gasteiger partial charge is 0.305 e. The number of hydrogen-bond acceptors (Lipinski definition) is 4. The van der Waals surface area contributed by atoms with Crippen LogP contribution in [-0.4, -0.2) is 32.6 Å². The van der Waals surface area contributed by atoms with Crippen molar-refractivity contribution in [1.82, 2.24) is 5.32 Å². The van der Waals surface area contributed by atoms with Gasteiger partial charge < -0.3 is 14.8 Å². The van der Waals surface area contributed by atoms with Gasteiger partial charge in [-0.25, -0.2) is 0 Å². The molecule has 0 aromatic heterocycles. The van der Waals surface area contributed by atoms with Crippen molar-refractivity contribution in [2.45, 2.75) is 19.3 Å². The fraction of sp³-hybridized carbons (Fsp3) is 0.429. The van der Waals surface area contributed by atoms with Crippen molar-refractivity contribution in [3.05, 3.63) is 29.8 Å². The second kappa shape index (κ2) is 8.13. The molecule has 0 bridgehead atoms. The summed E-state index contributed by atoms with van der Waals surface area (Å²) in [4.78, 5) is 22.5. The third-order valence-electron chi connectivity index (χ3n) is 2.61. The molecule has 5 heteroatoms. The number of carbonyl (C=O) groups is 2. The Morgan fingerprint density at radius 3 is 2.74 bits per heavy atom. The van der Waals surface area contributed by atoms with Crippen molar-refractivity contribution in [1.29, 1.82) is 0 Å². The molecule has 1 aromatic rings. The zero-order valence-corrected chi connectivity index (χ0v) is 11.3. The van der Waals surface area contributed by atoms with Crippen LogP contribution in [0.2, 0.25) is 0 Å². The molecule has 0 radical (unpaired) electrons. The molecule has 19 heavy (non-hydrogen) atoms. The van der Waals surface area contributed by atoms with Crippen LogP contribution in [0.15, 0.2) is 24.3 Å². The summed E-state index contributed by atoms with van der Waals surface area (Å²) in [5.41, 5.74) is 0.893. The summed E-state index contributed by atoms with van der Waals surface area (Å²) in [5, 5.41) is 2.76. The molecular formula is C14H19NO4. The largest absolute Gasteiger partial charge is 0.497 e.